The molecule has 0 aromatic heterocycles. The van der Waals surface area contributed by atoms with E-state index < -0.39 is 0 Å². The molecule has 0 heterocycles. The maximum absolute atomic E-state index is 12.1. The fraction of sp³-hybridized carbons (Fsp3) is 0.533. The van der Waals surface area contributed by atoms with Gasteiger partial charge in [0.25, 0.3) is 0 Å². The molecule has 0 aliphatic heterocycles. The molecule has 1 amide bonds. The van der Waals surface area contributed by atoms with Gasteiger partial charge in [-0.25, -0.2) is 0 Å². The summed E-state index contributed by atoms with van der Waals surface area (Å²) in [4.78, 5) is 12.1. The van der Waals surface area contributed by atoms with Gasteiger partial charge in [-0.05, 0) is 30.9 Å². The van der Waals surface area contributed by atoms with Crippen molar-refractivity contribution in [2.24, 2.45) is 11.7 Å². The number of carbonyl (C=O) groups excluding carboxylic acids is 1. The van der Waals surface area contributed by atoms with Crippen molar-refractivity contribution >= 4 is 17.5 Å². The van der Waals surface area contributed by atoms with Crippen molar-refractivity contribution < 1.29 is 4.79 Å². The third kappa shape index (κ3) is 5.21. The van der Waals surface area contributed by atoms with E-state index in [1.165, 1.54) is 0 Å². The van der Waals surface area contributed by atoms with Crippen LogP contribution in [0.3, 0.4) is 0 Å². The summed E-state index contributed by atoms with van der Waals surface area (Å²) in [5.74, 6) is 0.441. The monoisotopic (exact) mass is 282 g/mol. The van der Waals surface area contributed by atoms with E-state index in [9.17, 15) is 4.79 Å². The normalized spacial score (nSPS) is 14.2. The Morgan fingerprint density at radius 3 is 2.58 bits per heavy atom. The molecule has 1 aromatic carbocycles. The molecule has 0 saturated heterocycles. The predicted molar refractivity (Wildman–Crippen MR) is 80.2 cm³/mol. The Hall–Kier alpha value is -1.06. The Morgan fingerprint density at radius 2 is 2.05 bits per heavy atom. The number of carbonyl (C=O) groups is 1. The molecule has 0 saturated carbocycles. The molecule has 3 N–H and O–H groups in total. The zero-order chi connectivity index (χ0) is 14.5. The molecule has 3 nitrogen and oxygen atoms in total. The van der Waals surface area contributed by atoms with E-state index in [4.69, 9.17) is 17.3 Å². The summed E-state index contributed by atoms with van der Waals surface area (Å²) in [5.41, 5.74) is 6.27. The van der Waals surface area contributed by atoms with Crippen molar-refractivity contribution in [3.63, 3.8) is 0 Å². The number of hydrogen-bond donors (Lipinski definition) is 2. The van der Waals surface area contributed by atoms with Crippen molar-refractivity contribution in [2.75, 3.05) is 6.54 Å². The van der Waals surface area contributed by atoms with Gasteiger partial charge < -0.3 is 11.1 Å². The van der Waals surface area contributed by atoms with E-state index in [2.05, 4.69) is 19.2 Å². The summed E-state index contributed by atoms with van der Waals surface area (Å²) in [6.45, 7) is 6.65. The average molecular weight is 283 g/mol. The van der Waals surface area contributed by atoms with Crippen molar-refractivity contribution in [3.05, 3.63) is 34.9 Å². The zero-order valence-corrected chi connectivity index (χ0v) is 12.6. The number of nitrogens with one attached hydrogen (secondary N) is 1. The SMILES string of the molecule is CC(C)CC(C)(CN)NC(=O)Cc1ccccc1Cl. The van der Waals surface area contributed by atoms with Crippen molar-refractivity contribution in [3.8, 4) is 0 Å². The largest absolute Gasteiger partial charge is 0.349 e. The number of nitrogens with two attached hydrogens (primary N) is 1. The maximum atomic E-state index is 12.1. The van der Waals surface area contributed by atoms with E-state index >= 15 is 0 Å². The molecule has 0 spiro atoms. The summed E-state index contributed by atoms with van der Waals surface area (Å²) in [5, 5.41) is 3.65. The summed E-state index contributed by atoms with van der Waals surface area (Å²) < 4.78 is 0. The average Bonchev–Trinajstić information content (AvgIpc) is 2.31. The Balaban J connectivity index is 2.66. The maximum Gasteiger partial charge on any atom is 0.224 e. The Kier molecular flexibility index (Phi) is 5.83. The first-order valence-corrected chi connectivity index (χ1v) is 6.98. The van der Waals surface area contributed by atoms with Crippen LogP contribution in [0.15, 0.2) is 24.3 Å². The summed E-state index contributed by atoms with van der Waals surface area (Å²) in [7, 11) is 0. The van der Waals surface area contributed by atoms with Gasteiger partial charge in [0, 0.05) is 17.1 Å². The first-order valence-electron chi connectivity index (χ1n) is 6.61. The smallest absolute Gasteiger partial charge is 0.224 e. The molecule has 19 heavy (non-hydrogen) atoms. The second-order valence-corrected chi connectivity index (χ2v) is 6.09. The second-order valence-electron chi connectivity index (χ2n) is 5.68. The number of halogens is 1. The molecule has 0 bridgehead atoms. The van der Waals surface area contributed by atoms with Gasteiger partial charge in [-0.1, -0.05) is 43.6 Å². The van der Waals surface area contributed by atoms with Crippen LogP contribution in [-0.2, 0) is 11.2 Å². The lowest BCUT2D eigenvalue weighted by Crippen LogP contribution is -2.52. The molecule has 1 aromatic rings. The van der Waals surface area contributed by atoms with E-state index in [0.29, 0.717) is 17.5 Å². The molecular weight excluding hydrogens is 260 g/mol. The Bertz CT molecular complexity index is 434. The van der Waals surface area contributed by atoms with Crippen LogP contribution in [0.5, 0.6) is 0 Å². The lowest BCUT2D eigenvalue weighted by atomic mass is 9.90. The van der Waals surface area contributed by atoms with Crippen molar-refractivity contribution in [2.45, 2.75) is 39.2 Å². The van der Waals surface area contributed by atoms with Crippen molar-refractivity contribution in [1.82, 2.24) is 5.32 Å². The van der Waals surface area contributed by atoms with Crippen LogP contribution in [-0.4, -0.2) is 18.0 Å². The zero-order valence-electron chi connectivity index (χ0n) is 11.9. The number of benzene rings is 1. The van der Waals surface area contributed by atoms with Gasteiger partial charge in [0.1, 0.15) is 0 Å². The highest BCUT2D eigenvalue weighted by molar-refractivity contribution is 6.31. The third-order valence-electron chi connectivity index (χ3n) is 3.06. The van der Waals surface area contributed by atoms with Gasteiger partial charge >= 0.3 is 0 Å². The minimum absolute atomic E-state index is 0.0401. The molecule has 0 aliphatic carbocycles. The lowest BCUT2D eigenvalue weighted by Gasteiger charge is -2.31. The number of rotatable bonds is 6. The van der Waals surface area contributed by atoms with Crippen LogP contribution >= 0.6 is 11.6 Å². The number of amides is 1. The topological polar surface area (TPSA) is 55.1 Å². The summed E-state index contributed by atoms with van der Waals surface area (Å²) >= 11 is 6.05. The van der Waals surface area contributed by atoms with E-state index in [1.54, 1.807) is 6.07 Å². The van der Waals surface area contributed by atoms with Gasteiger partial charge in [0.2, 0.25) is 5.91 Å². The quantitative estimate of drug-likeness (QED) is 0.843. The molecule has 106 valence electrons. The van der Waals surface area contributed by atoms with Crippen LogP contribution in [0.1, 0.15) is 32.8 Å². The molecule has 0 aliphatic rings. The highest BCUT2D eigenvalue weighted by Crippen LogP contribution is 2.18. The van der Waals surface area contributed by atoms with Gasteiger partial charge in [-0.3, -0.25) is 4.79 Å². The standard InChI is InChI=1S/C15H23ClN2O/c1-11(2)9-15(3,10-17)18-14(19)8-12-6-4-5-7-13(12)16/h4-7,11H,8-10,17H2,1-3H3,(H,18,19). The molecule has 4 heteroatoms. The first-order chi connectivity index (χ1) is 8.86. The van der Waals surface area contributed by atoms with E-state index in [0.717, 1.165) is 12.0 Å². The van der Waals surface area contributed by atoms with Gasteiger partial charge in [0.15, 0.2) is 0 Å². The second kappa shape index (κ2) is 6.92. The van der Waals surface area contributed by atoms with Gasteiger partial charge in [-0.2, -0.15) is 0 Å². The van der Waals surface area contributed by atoms with E-state index in [1.807, 2.05) is 25.1 Å². The predicted octanol–water partition coefficient (Wildman–Crippen LogP) is 2.76. The van der Waals surface area contributed by atoms with Crippen LogP contribution in [0.25, 0.3) is 0 Å². The highest BCUT2D eigenvalue weighted by Gasteiger charge is 2.25. The molecule has 1 unspecified atom stereocenters. The molecule has 0 fully saturated rings. The number of hydrogen-bond acceptors (Lipinski definition) is 2. The van der Waals surface area contributed by atoms with E-state index in [-0.39, 0.29) is 17.9 Å². The molecule has 0 radical (unpaired) electrons. The fourth-order valence-electron chi connectivity index (χ4n) is 2.28. The first kappa shape index (κ1) is 16.0. The van der Waals surface area contributed by atoms with Crippen molar-refractivity contribution in [1.29, 1.82) is 0 Å². The van der Waals surface area contributed by atoms with Crippen LogP contribution in [0, 0.1) is 5.92 Å². The Labute approximate surface area is 120 Å². The molecule has 1 atom stereocenters. The third-order valence-corrected chi connectivity index (χ3v) is 3.43. The fourth-order valence-corrected chi connectivity index (χ4v) is 2.48. The van der Waals surface area contributed by atoms with Crippen LogP contribution in [0.2, 0.25) is 5.02 Å². The molecule has 1 rings (SSSR count). The summed E-state index contributed by atoms with van der Waals surface area (Å²) in [6, 6.07) is 7.39. The minimum Gasteiger partial charge on any atom is -0.349 e. The molecular formula is C15H23ClN2O. The highest BCUT2D eigenvalue weighted by atomic mass is 35.5. The minimum atomic E-state index is -0.355. The Morgan fingerprint density at radius 1 is 1.42 bits per heavy atom. The summed E-state index contributed by atoms with van der Waals surface area (Å²) in [6.07, 6.45) is 1.14. The van der Waals surface area contributed by atoms with Gasteiger partial charge in [-0.15, -0.1) is 0 Å². The van der Waals surface area contributed by atoms with Crippen LogP contribution < -0.4 is 11.1 Å². The van der Waals surface area contributed by atoms with Gasteiger partial charge in [0.05, 0.1) is 6.42 Å². The van der Waals surface area contributed by atoms with Crippen LogP contribution in [0.4, 0.5) is 0 Å². The lowest BCUT2D eigenvalue weighted by molar-refractivity contribution is -0.122.